The highest BCUT2D eigenvalue weighted by Gasteiger charge is 2.24. The first-order chi connectivity index (χ1) is 32.6. The minimum absolute atomic E-state index is 0.125. The third-order valence-electron chi connectivity index (χ3n) is 12.9. The Morgan fingerprint density at radius 2 is 0.667 bits per heavy atom. The van der Waals surface area contributed by atoms with Gasteiger partial charge in [0.25, 0.3) is 0 Å². The van der Waals surface area contributed by atoms with Gasteiger partial charge < -0.3 is 19.7 Å². The van der Waals surface area contributed by atoms with Crippen LogP contribution in [-0.4, -0.2) is 35.9 Å². The number of hydrogen-bond acceptors (Lipinski definition) is 6. The molecular weight excluding hydrogens is 813 g/mol. The van der Waals surface area contributed by atoms with Crippen molar-refractivity contribution in [3.8, 4) is 23.0 Å². The van der Waals surface area contributed by atoms with Crippen molar-refractivity contribution < 1.29 is 19.7 Å². The molecule has 0 saturated carbocycles. The smallest absolute Gasteiger partial charge is 0.128 e. The molecule has 2 N–H and O–H groups in total. The van der Waals surface area contributed by atoms with Crippen LogP contribution in [0, 0.1) is 0 Å². The molecule has 0 radical (unpaired) electrons. The van der Waals surface area contributed by atoms with E-state index in [1.807, 2.05) is 60.7 Å². The van der Waals surface area contributed by atoms with Gasteiger partial charge in [0.15, 0.2) is 0 Å². The number of hydrogen-bond donors (Lipinski definition) is 2. The van der Waals surface area contributed by atoms with E-state index in [1.165, 1.54) is 167 Å². The zero-order chi connectivity index (χ0) is 46.5. The second-order valence-electron chi connectivity index (χ2n) is 18.6. The van der Waals surface area contributed by atoms with Crippen LogP contribution in [0.4, 0.5) is 0 Å². The number of phenolic OH excluding ortho intramolecular Hbond substituents is 2. The number of benzene rings is 4. The summed E-state index contributed by atoms with van der Waals surface area (Å²) in [7, 11) is 0. The number of aliphatic imine (C=N–C) groups is 2. The van der Waals surface area contributed by atoms with Crippen molar-refractivity contribution in [2.24, 2.45) is 9.98 Å². The molecule has 0 aliphatic heterocycles. The molecule has 0 aliphatic carbocycles. The molecule has 0 amide bonds. The van der Waals surface area contributed by atoms with Crippen LogP contribution in [0.3, 0.4) is 0 Å². The molecule has 66 heavy (non-hydrogen) atoms. The van der Waals surface area contributed by atoms with Gasteiger partial charge in [-0.2, -0.15) is 0 Å². The molecule has 4 rings (SSSR count). The van der Waals surface area contributed by atoms with Crippen LogP contribution in [0.5, 0.6) is 23.0 Å². The molecule has 0 heterocycles. The Morgan fingerprint density at radius 1 is 0.379 bits per heavy atom. The third-order valence-corrected chi connectivity index (χ3v) is 12.9. The largest absolute Gasteiger partial charge is 0.507 e. The first kappa shape index (κ1) is 54.0. The average Bonchev–Trinajstić information content (AvgIpc) is 3.34. The molecule has 0 spiro atoms. The summed E-state index contributed by atoms with van der Waals surface area (Å²) < 4.78 is 12.1. The summed E-state index contributed by atoms with van der Waals surface area (Å²) in [6, 6.07) is 30.4. The van der Waals surface area contributed by atoms with E-state index in [9.17, 15) is 10.2 Å². The molecule has 4 aromatic carbocycles. The summed E-state index contributed by atoms with van der Waals surface area (Å²) in [6.45, 7) is 5.84. The third kappa shape index (κ3) is 23.2. The maximum absolute atomic E-state index is 11.1. The van der Waals surface area contributed by atoms with Crippen molar-refractivity contribution in [1.82, 2.24) is 0 Å². The molecule has 0 unspecified atom stereocenters. The maximum Gasteiger partial charge on any atom is 0.128 e. The van der Waals surface area contributed by atoms with Gasteiger partial charge in [0, 0.05) is 35.7 Å². The minimum Gasteiger partial charge on any atom is -0.507 e. The second kappa shape index (κ2) is 35.6. The van der Waals surface area contributed by atoms with Crippen molar-refractivity contribution in [1.29, 1.82) is 0 Å². The van der Waals surface area contributed by atoms with Crippen molar-refractivity contribution in [3.63, 3.8) is 0 Å². The van der Waals surface area contributed by atoms with E-state index in [4.69, 9.17) is 19.5 Å². The first-order valence-corrected chi connectivity index (χ1v) is 26.7. The number of phenols is 2. The van der Waals surface area contributed by atoms with Crippen molar-refractivity contribution in [2.45, 2.75) is 206 Å². The zero-order valence-electron chi connectivity index (χ0n) is 41.4. The number of rotatable bonds is 39. The van der Waals surface area contributed by atoms with Gasteiger partial charge in [-0.1, -0.05) is 241 Å². The maximum atomic E-state index is 11.1. The molecule has 0 saturated heterocycles. The molecule has 0 aliphatic rings. The van der Waals surface area contributed by atoms with E-state index in [2.05, 4.69) is 38.1 Å². The Balaban J connectivity index is 1.24. The summed E-state index contributed by atoms with van der Waals surface area (Å²) in [6.07, 6.45) is 40.6. The van der Waals surface area contributed by atoms with Crippen LogP contribution in [0.25, 0.3) is 0 Å². The Kier molecular flexibility index (Phi) is 29.1. The highest BCUT2D eigenvalue weighted by molar-refractivity contribution is 5.85. The van der Waals surface area contributed by atoms with Crippen LogP contribution in [0.1, 0.15) is 228 Å². The lowest BCUT2D eigenvalue weighted by Crippen LogP contribution is -2.09. The van der Waals surface area contributed by atoms with Gasteiger partial charge in [-0.3, -0.25) is 9.98 Å². The molecule has 0 fully saturated rings. The SMILES string of the molecule is CCCCCCCCCCCCCCCCOc1ccc(C=N[C@@H](c2ccccc2)[C@@H](N=Cc2ccc(OCCCCCCCCCCCCCCCC)cc2O)c2ccccc2)c(O)c1. The number of nitrogens with zero attached hydrogens (tertiary/aromatic N) is 2. The monoisotopic (exact) mass is 901 g/mol. The summed E-state index contributed by atoms with van der Waals surface area (Å²) in [5.41, 5.74) is 3.20. The Hall–Kier alpha value is -4.58. The lowest BCUT2D eigenvalue weighted by Gasteiger charge is -2.22. The highest BCUT2D eigenvalue weighted by atomic mass is 16.5. The predicted molar refractivity (Wildman–Crippen MR) is 281 cm³/mol. The summed E-state index contributed by atoms with van der Waals surface area (Å²) in [4.78, 5) is 10.2. The van der Waals surface area contributed by atoms with Crippen LogP contribution in [0.15, 0.2) is 107 Å². The van der Waals surface area contributed by atoms with E-state index in [0.29, 0.717) is 35.8 Å². The number of aromatic hydroxyl groups is 2. The van der Waals surface area contributed by atoms with Gasteiger partial charge in [0.05, 0.1) is 13.2 Å². The van der Waals surface area contributed by atoms with E-state index >= 15 is 0 Å². The van der Waals surface area contributed by atoms with Crippen molar-refractivity contribution >= 4 is 12.4 Å². The molecule has 6 heteroatoms. The first-order valence-electron chi connectivity index (χ1n) is 26.7. The standard InChI is InChI=1S/C60H88N2O4/c1-3-5-7-9-11-13-15-17-19-21-23-25-27-35-45-65-55-43-41-53(57(63)47-55)49-61-59(51-37-31-29-32-38-51)60(52-39-33-30-34-40-52)62-50-54-42-44-56(48-58(54)64)66-46-36-28-26-24-22-20-18-16-14-12-10-8-6-4-2/h29-34,37-44,47-50,59-60,63-64H,3-28,35-36,45-46H2,1-2H3/t59-,60-/m0/s1. The second-order valence-corrected chi connectivity index (χ2v) is 18.6. The minimum atomic E-state index is -0.407. The van der Waals surface area contributed by atoms with Gasteiger partial charge in [-0.15, -0.1) is 0 Å². The normalized spacial score (nSPS) is 12.6. The van der Waals surface area contributed by atoms with E-state index in [1.54, 1.807) is 24.6 Å². The zero-order valence-corrected chi connectivity index (χ0v) is 41.4. The quantitative estimate of drug-likeness (QED) is 0.0345. The Labute approximate surface area is 401 Å². The average molecular weight is 901 g/mol. The van der Waals surface area contributed by atoms with E-state index < -0.39 is 12.1 Å². The lowest BCUT2D eigenvalue weighted by atomic mass is 9.94. The van der Waals surface area contributed by atoms with Gasteiger partial charge in [0.1, 0.15) is 35.1 Å². The van der Waals surface area contributed by atoms with Crippen LogP contribution in [0.2, 0.25) is 0 Å². The van der Waals surface area contributed by atoms with Gasteiger partial charge in [-0.05, 0) is 48.2 Å². The van der Waals surface area contributed by atoms with E-state index in [0.717, 1.165) is 24.0 Å². The van der Waals surface area contributed by atoms with Crippen molar-refractivity contribution in [3.05, 3.63) is 119 Å². The molecule has 362 valence electrons. The summed E-state index contributed by atoms with van der Waals surface area (Å²) in [5.74, 6) is 1.58. The summed E-state index contributed by atoms with van der Waals surface area (Å²) >= 11 is 0. The van der Waals surface area contributed by atoms with Crippen LogP contribution >= 0.6 is 0 Å². The van der Waals surface area contributed by atoms with E-state index in [-0.39, 0.29) is 11.5 Å². The molecular formula is C60H88N2O4. The van der Waals surface area contributed by atoms with Crippen molar-refractivity contribution in [2.75, 3.05) is 13.2 Å². The fourth-order valence-corrected chi connectivity index (χ4v) is 8.74. The predicted octanol–water partition coefficient (Wildman–Crippen LogP) is 17.8. The number of ether oxygens (including phenoxy) is 2. The Bertz CT molecular complexity index is 1710. The molecule has 0 aromatic heterocycles. The highest BCUT2D eigenvalue weighted by Crippen LogP contribution is 2.36. The fourth-order valence-electron chi connectivity index (χ4n) is 8.74. The van der Waals surface area contributed by atoms with Crippen LogP contribution < -0.4 is 9.47 Å². The molecule has 6 nitrogen and oxygen atoms in total. The van der Waals surface area contributed by atoms with Gasteiger partial charge in [0.2, 0.25) is 0 Å². The Morgan fingerprint density at radius 3 is 0.955 bits per heavy atom. The van der Waals surface area contributed by atoms with Gasteiger partial charge in [-0.25, -0.2) is 0 Å². The van der Waals surface area contributed by atoms with Crippen LogP contribution in [-0.2, 0) is 0 Å². The lowest BCUT2D eigenvalue weighted by molar-refractivity contribution is 0.302. The molecule has 2 atom stereocenters. The van der Waals surface area contributed by atoms with Gasteiger partial charge >= 0.3 is 0 Å². The topological polar surface area (TPSA) is 83.6 Å². The summed E-state index contributed by atoms with van der Waals surface area (Å²) in [5, 5.41) is 22.2. The molecule has 0 bridgehead atoms. The number of unbranched alkanes of at least 4 members (excludes halogenated alkanes) is 26. The fraction of sp³-hybridized carbons (Fsp3) is 0.567. The molecule has 4 aromatic rings.